The molecular formula is C27H44O. The molecule has 0 spiro atoms. The van der Waals surface area contributed by atoms with Crippen LogP contribution in [0.1, 0.15) is 105 Å². The van der Waals surface area contributed by atoms with Gasteiger partial charge in [-0.25, -0.2) is 0 Å². The van der Waals surface area contributed by atoms with Gasteiger partial charge in [0.25, 0.3) is 0 Å². The number of ketones is 1. The van der Waals surface area contributed by atoms with Crippen LogP contribution >= 0.6 is 0 Å². The Morgan fingerprint density at radius 1 is 1.04 bits per heavy atom. The molecule has 0 bridgehead atoms. The lowest BCUT2D eigenvalue weighted by Crippen LogP contribution is -2.52. The lowest BCUT2D eigenvalue weighted by molar-refractivity contribution is -0.129. The molecule has 1 nitrogen and oxygen atoms in total. The third-order valence-corrected chi connectivity index (χ3v) is 10.0. The van der Waals surface area contributed by atoms with Gasteiger partial charge in [-0.05, 0) is 96.9 Å². The van der Waals surface area contributed by atoms with Crippen LogP contribution < -0.4 is 0 Å². The van der Waals surface area contributed by atoms with Crippen LogP contribution in [0.25, 0.3) is 0 Å². The molecule has 3 saturated carbocycles. The van der Waals surface area contributed by atoms with Crippen LogP contribution in [0.5, 0.6) is 0 Å². The molecule has 0 saturated heterocycles. The number of rotatable bonds is 5. The zero-order chi connectivity index (χ0) is 20.1. The summed E-state index contributed by atoms with van der Waals surface area (Å²) in [6.45, 7) is 12.3. The van der Waals surface area contributed by atoms with Crippen molar-refractivity contribution in [1.29, 1.82) is 0 Å². The van der Waals surface area contributed by atoms with Gasteiger partial charge < -0.3 is 0 Å². The van der Waals surface area contributed by atoms with Crippen molar-refractivity contribution in [2.24, 2.45) is 46.3 Å². The molecule has 0 heterocycles. The Balaban J connectivity index is 1.52. The quantitative estimate of drug-likeness (QED) is 0.477. The van der Waals surface area contributed by atoms with Crippen molar-refractivity contribution in [3.63, 3.8) is 0 Å². The summed E-state index contributed by atoms with van der Waals surface area (Å²) in [6.07, 6.45) is 16.6. The maximum atomic E-state index is 13.1. The smallest absolute Gasteiger partial charge is 0.159 e. The molecule has 28 heavy (non-hydrogen) atoms. The molecule has 0 unspecified atom stereocenters. The summed E-state index contributed by atoms with van der Waals surface area (Å²) in [7, 11) is 0. The fourth-order valence-corrected chi connectivity index (χ4v) is 8.61. The predicted molar refractivity (Wildman–Crippen MR) is 118 cm³/mol. The number of hydrogen-bond acceptors (Lipinski definition) is 1. The van der Waals surface area contributed by atoms with Crippen LogP contribution in [-0.4, -0.2) is 5.78 Å². The van der Waals surface area contributed by atoms with E-state index in [1.54, 1.807) is 0 Å². The van der Waals surface area contributed by atoms with E-state index in [0.717, 1.165) is 42.4 Å². The largest absolute Gasteiger partial charge is 0.295 e. The van der Waals surface area contributed by atoms with Gasteiger partial charge in [0.05, 0.1) is 0 Å². The third kappa shape index (κ3) is 3.24. The van der Waals surface area contributed by atoms with Crippen LogP contribution in [0.2, 0.25) is 0 Å². The Labute approximate surface area is 174 Å². The SMILES string of the molecule is CC(C)CCC[C@@H](C)[C@@H]1CC[C@@H]2[C@H]3CC(=O)C4=CCCC[C@]4(C)[C@@H]3CC[C@]21C. The first-order chi connectivity index (χ1) is 13.3. The second-order valence-electron chi connectivity index (χ2n) is 12.0. The highest BCUT2D eigenvalue weighted by Crippen LogP contribution is 2.67. The van der Waals surface area contributed by atoms with E-state index in [2.05, 4.69) is 40.7 Å². The van der Waals surface area contributed by atoms with Crippen molar-refractivity contribution in [3.8, 4) is 0 Å². The van der Waals surface area contributed by atoms with Gasteiger partial charge in [0, 0.05) is 6.42 Å². The fourth-order valence-electron chi connectivity index (χ4n) is 8.61. The molecule has 158 valence electrons. The molecule has 3 fully saturated rings. The highest BCUT2D eigenvalue weighted by Gasteiger charge is 2.60. The first-order valence-electron chi connectivity index (χ1n) is 12.5. The van der Waals surface area contributed by atoms with Crippen LogP contribution in [0, 0.1) is 46.3 Å². The number of Topliss-reactive ketones (excluding diaryl/α,β-unsaturated/α-hetero) is 1. The van der Waals surface area contributed by atoms with Gasteiger partial charge in [0.2, 0.25) is 0 Å². The number of allylic oxidation sites excluding steroid dienone is 2. The molecule has 4 aliphatic rings. The van der Waals surface area contributed by atoms with Gasteiger partial charge in [0.1, 0.15) is 0 Å². The second kappa shape index (κ2) is 7.59. The van der Waals surface area contributed by atoms with Gasteiger partial charge in [-0.1, -0.05) is 60.0 Å². The fraction of sp³-hybridized carbons (Fsp3) is 0.889. The zero-order valence-corrected chi connectivity index (χ0v) is 19.2. The minimum Gasteiger partial charge on any atom is -0.295 e. The first-order valence-corrected chi connectivity index (χ1v) is 12.5. The number of fused-ring (bicyclic) bond motifs is 5. The molecule has 0 amide bonds. The van der Waals surface area contributed by atoms with Crippen molar-refractivity contribution in [2.45, 2.75) is 105 Å². The van der Waals surface area contributed by atoms with Crippen LogP contribution in [0.15, 0.2) is 11.6 Å². The predicted octanol–water partition coefficient (Wildman–Crippen LogP) is 7.60. The van der Waals surface area contributed by atoms with E-state index in [0.29, 0.717) is 17.1 Å². The van der Waals surface area contributed by atoms with Crippen molar-refractivity contribution >= 4 is 5.78 Å². The Bertz CT molecular complexity index is 630. The summed E-state index contributed by atoms with van der Waals surface area (Å²) >= 11 is 0. The van der Waals surface area contributed by atoms with Crippen molar-refractivity contribution in [1.82, 2.24) is 0 Å². The molecule has 0 aromatic carbocycles. The van der Waals surface area contributed by atoms with Crippen molar-refractivity contribution in [2.75, 3.05) is 0 Å². The highest BCUT2D eigenvalue weighted by molar-refractivity contribution is 5.98. The molecular weight excluding hydrogens is 340 g/mol. The normalized spacial score (nSPS) is 43.9. The standard InChI is InChI=1S/C27H44O/c1-18(2)9-8-10-19(3)21-12-13-22-20-17-25(28)24-11-6-7-15-26(24,4)23(20)14-16-27(21,22)5/h11,18-23H,6-10,12-17H2,1-5H3/t19-,20-,21+,22-,23-,26-,27+/m1/s1. The zero-order valence-electron chi connectivity index (χ0n) is 19.2. The van der Waals surface area contributed by atoms with Gasteiger partial charge in [-0.3, -0.25) is 4.79 Å². The van der Waals surface area contributed by atoms with Gasteiger partial charge in [-0.2, -0.15) is 0 Å². The Morgan fingerprint density at radius 2 is 1.82 bits per heavy atom. The Hall–Kier alpha value is -0.590. The average Bonchev–Trinajstić information content (AvgIpc) is 2.99. The van der Waals surface area contributed by atoms with Crippen LogP contribution in [0.3, 0.4) is 0 Å². The molecule has 0 aliphatic heterocycles. The van der Waals surface area contributed by atoms with E-state index in [1.807, 2.05) is 0 Å². The molecule has 0 radical (unpaired) electrons. The van der Waals surface area contributed by atoms with Gasteiger partial charge in [-0.15, -0.1) is 0 Å². The summed E-state index contributed by atoms with van der Waals surface area (Å²) in [5.41, 5.74) is 1.92. The third-order valence-electron chi connectivity index (χ3n) is 10.0. The van der Waals surface area contributed by atoms with Crippen LogP contribution in [0.4, 0.5) is 0 Å². The van der Waals surface area contributed by atoms with Gasteiger partial charge in [0.15, 0.2) is 5.78 Å². The molecule has 0 aromatic rings. The van der Waals surface area contributed by atoms with E-state index in [9.17, 15) is 4.79 Å². The molecule has 4 aliphatic carbocycles. The lowest BCUT2D eigenvalue weighted by atomic mass is 9.46. The Kier molecular flexibility index (Phi) is 5.60. The maximum absolute atomic E-state index is 13.1. The summed E-state index contributed by atoms with van der Waals surface area (Å²) in [4.78, 5) is 13.1. The lowest BCUT2D eigenvalue weighted by Gasteiger charge is -2.58. The topological polar surface area (TPSA) is 17.1 Å². The van der Waals surface area contributed by atoms with Crippen LogP contribution in [-0.2, 0) is 4.79 Å². The summed E-state index contributed by atoms with van der Waals surface area (Å²) in [5.74, 6) is 5.32. The number of carbonyl (C=O) groups is 1. The number of carbonyl (C=O) groups excluding carboxylic acids is 1. The molecule has 7 atom stereocenters. The minimum absolute atomic E-state index is 0.195. The summed E-state index contributed by atoms with van der Waals surface area (Å²) in [6, 6.07) is 0. The van der Waals surface area contributed by atoms with Crippen molar-refractivity contribution in [3.05, 3.63) is 11.6 Å². The van der Waals surface area contributed by atoms with E-state index in [4.69, 9.17) is 0 Å². The first kappa shape index (κ1) is 20.7. The van der Waals surface area contributed by atoms with Gasteiger partial charge >= 0.3 is 0 Å². The summed E-state index contributed by atoms with van der Waals surface area (Å²) in [5, 5.41) is 0. The molecule has 0 N–H and O–H groups in total. The average molecular weight is 385 g/mol. The van der Waals surface area contributed by atoms with E-state index >= 15 is 0 Å². The minimum atomic E-state index is 0.195. The number of hydrogen-bond donors (Lipinski definition) is 0. The second-order valence-corrected chi connectivity index (χ2v) is 12.0. The molecule has 4 rings (SSSR count). The molecule has 0 aromatic heterocycles. The van der Waals surface area contributed by atoms with E-state index in [1.165, 1.54) is 63.4 Å². The maximum Gasteiger partial charge on any atom is 0.159 e. The Morgan fingerprint density at radius 3 is 2.57 bits per heavy atom. The van der Waals surface area contributed by atoms with Crippen molar-refractivity contribution < 1.29 is 4.79 Å². The van der Waals surface area contributed by atoms with E-state index < -0.39 is 0 Å². The summed E-state index contributed by atoms with van der Waals surface area (Å²) < 4.78 is 0. The van der Waals surface area contributed by atoms with E-state index in [-0.39, 0.29) is 5.41 Å². The monoisotopic (exact) mass is 384 g/mol. The highest BCUT2D eigenvalue weighted by atomic mass is 16.1. The molecule has 1 heteroatoms.